The molecule has 5 atom stereocenters. The van der Waals surface area contributed by atoms with E-state index in [1.54, 1.807) is 6.08 Å². The Bertz CT molecular complexity index is 2370. The van der Waals surface area contributed by atoms with Crippen molar-refractivity contribution in [1.82, 2.24) is 0 Å². The molecule has 0 saturated carbocycles. The second-order valence-electron chi connectivity index (χ2n) is 25.6. The molecule has 0 spiro atoms. The topological polar surface area (TPSA) is 237 Å². The van der Waals surface area contributed by atoms with Crippen LogP contribution in [-0.2, 0) is 65.4 Å². The van der Waals surface area contributed by atoms with Gasteiger partial charge >= 0.3 is 39.5 Å². The summed E-state index contributed by atoms with van der Waals surface area (Å²) in [6.07, 6.45) is 79.3. The molecule has 0 fully saturated rings. The zero-order valence-corrected chi connectivity index (χ0v) is 64.4. The molecule has 0 radical (unpaired) electrons. The quantitative estimate of drug-likeness (QED) is 0.0169. The van der Waals surface area contributed by atoms with Crippen molar-refractivity contribution in [2.75, 3.05) is 39.6 Å². The number of allylic oxidation sites excluding steroid dienone is 19. The normalized spacial score (nSPS) is 14.6. The number of phosphoric acid groups is 2. The van der Waals surface area contributed by atoms with Crippen molar-refractivity contribution in [3.05, 3.63) is 122 Å². The number of carbonyl (C=O) groups is 4. The van der Waals surface area contributed by atoms with Gasteiger partial charge in [-0.05, 0) is 116 Å². The van der Waals surface area contributed by atoms with E-state index in [2.05, 4.69) is 125 Å². The fourth-order valence-corrected chi connectivity index (χ4v) is 11.7. The van der Waals surface area contributed by atoms with Gasteiger partial charge in [-0.2, -0.15) is 0 Å². The first-order valence-electron chi connectivity index (χ1n) is 38.8. The molecule has 0 saturated heterocycles. The summed E-state index contributed by atoms with van der Waals surface area (Å²) < 4.78 is 68.4. The summed E-state index contributed by atoms with van der Waals surface area (Å²) in [5, 5.41) is 10.6. The summed E-state index contributed by atoms with van der Waals surface area (Å²) in [7, 11) is -9.98. The minimum absolute atomic E-state index is 0.0707. The SMILES string of the molecule is CC/C=C\C/C=C\C/C=C\C/C=C\C/C=C\CC(=O)OCC(COP(=O)(O)OCC(O)COP(=O)(O)OCC(COC(=O)CCCCCCC/C=C\C/C=C\C/C=C\CC)OC(=O)CCCCCCC/C=C\C/C=C\CCCCC)OC(=O)CCCCCCCCCCCCCCCCC. The fraction of sp³-hybridized carbons (Fsp3) is 0.704. The second-order valence-corrected chi connectivity index (χ2v) is 28.5. The zero-order chi connectivity index (χ0) is 73.2. The zero-order valence-electron chi connectivity index (χ0n) is 62.6. The summed E-state index contributed by atoms with van der Waals surface area (Å²) >= 11 is 0. The van der Waals surface area contributed by atoms with Gasteiger partial charge in [0.25, 0.3) is 0 Å². The minimum Gasteiger partial charge on any atom is -0.462 e. The lowest BCUT2D eigenvalue weighted by molar-refractivity contribution is -0.161. The molecule has 0 aromatic heterocycles. The molecule has 574 valence electrons. The van der Waals surface area contributed by atoms with Gasteiger partial charge in [0.15, 0.2) is 12.2 Å². The van der Waals surface area contributed by atoms with Crippen LogP contribution in [0, 0.1) is 0 Å². The maximum Gasteiger partial charge on any atom is 0.472 e. The van der Waals surface area contributed by atoms with E-state index >= 15 is 0 Å². The van der Waals surface area contributed by atoms with Crippen LogP contribution >= 0.6 is 15.6 Å². The number of carbonyl (C=O) groups excluding carboxylic acids is 4. The van der Waals surface area contributed by atoms with Crippen LogP contribution in [0.15, 0.2) is 122 Å². The van der Waals surface area contributed by atoms with E-state index < -0.39 is 97.5 Å². The molecule has 0 aliphatic carbocycles. The highest BCUT2D eigenvalue weighted by molar-refractivity contribution is 7.47. The van der Waals surface area contributed by atoms with Crippen molar-refractivity contribution >= 4 is 39.5 Å². The number of esters is 4. The number of unbranched alkanes of at least 4 members (excludes halogenated alkanes) is 27. The number of aliphatic hydroxyl groups is 1. The highest BCUT2D eigenvalue weighted by Crippen LogP contribution is 2.45. The molecule has 0 aliphatic rings. The predicted octanol–water partition coefficient (Wildman–Crippen LogP) is 22.3. The van der Waals surface area contributed by atoms with Crippen molar-refractivity contribution in [3.63, 3.8) is 0 Å². The third-order valence-electron chi connectivity index (χ3n) is 16.0. The molecule has 0 aromatic rings. The predicted molar refractivity (Wildman–Crippen MR) is 408 cm³/mol. The monoisotopic (exact) mass is 1440 g/mol. The second kappa shape index (κ2) is 72.8. The number of hydrogen-bond donors (Lipinski definition) is 3. The van der Waals surface area contributed by atoms with Gasteiger partial charge in [-0.25, -0.2) is 9.13 Å². The molecule has 0 bridgehead atoms. The van der Waals surface area contributed by atoms with E-state index in [1.807, 2.05) is 18.2 Å². The molecule has 17 nitrogen and oxygen atoms in total. The number of phosphoric ester groups is 2. The summed E-state index contributed by atoms with van der Waals surface area (Å²) in [6, 6.07) is 0. The van der Waals surface area contributed by atoms with Crippen LogP contribution < -0.4 is 0 Å². The van der Waals surface area contributed by atoms with E-state index in [-0.39, 0.29) is 25.7 Å². The Morgan fingerprint density at radius 3 is 0.910 bits per heavy atom. The third kappa shape index (κ3) is 71.8. The Balaban J connectivity index is 5.44. The molecule has 0 amide bonds. The van der Waals surface area contributed by atoms with Crippen molar-refractivity contribution in [2.24, 2.45) is 0 Å². The molecule has 3 N–H and O–H groups in total. The molecule has 0 aliphatic heterocycles. The van der Waals surface area contributed by atoms with E-state index in [0.717, 1.165) is 148 Å². The van der Waals surface area contributed by atoms with Gasteiger partial charge in [-0.1, -0.05) is 290 Å². The lowest BCUT2D eigenvalue weighted by Gasteiger charge is -2.21. The standard InChI is InChI=1S/C81H138O17P2/c1-5-9-13-17-21-25-29-33-37-41-45-49-53-57-61-65-78(83)91-71-76(97-80(85)67-63-59-55-51-47-43-39-35-31-27-23-19-15-11-7-3)73-95-99(87,88)93-69-75(82)70-94-100(89,90)96-74-77(98-81(86)68-64-60-56-52-48-44-40-36-32-28-24-20-16-12-8-4)72-92-79(84)66-62-58-54-50-46-42-38-34-30-26-22-18-14-10-6-2/h9-10,13-14,21-23,25-27,33-35,37-39,46,50,58,62,75-77,82H,5-8,11-12,15-20,24,28-32,36,40-45,47-49,51-57,59-61,63-74H2,1-4H3,(H,87,88)(H,89,90)/b13-9-,14-10-,25-21-,26-22-,27-23-,37-33-,38-34-,39-35-,50-46-,62-58-. The molecule has 0 heterocycles. The minimum atomic E-state index is -5.00. The number of hydrogen-bond acceptors (Lipinski definition) is 15. The van der Waals surface area contributed by atoms with Crippen LogP contribution in [0.5, 0.6) is 0 Å². The molecular weight excluding hydrogens is 1310 g/mol. The van der Waals surface area contributed by atoms with E-state index in [1.165, 1.54) is 83.5 Å². The Morgan fingerprint density at radius 1 is 0.300 bits per heavy atom. The number of rotatable bonds is 72. The Hall–Kier alpha value is -4.54. The van der Waals surface area contributed by atoms with Crippen molar-refractivity contribution < 1.29 is 80.2 Å². The van der Waals surface area contributed by atoms with Crippen LogP contribution in [0.1, 0.15) is 310 Å². The van der Waals surface area contributed by atoms with Crippen LogP contribution in [0.4, 0.5) is 0 Å². The van der Waals surface area contributed by atoms with Crippen molar-refractivity contribution in [1.29, 1.82) is 0 Å². The van der Waals surface area contributed by atoms with Crippen LogP contribution in [0.2, 0.25) is 0 Å². The van der Waals surface area contributed by atoms with Gasteiger partial charge < -0.3 is 33.8 Å². The smallest absolute Gasteiger partial charge is 0.462 e. The molecule has 19 heteroatoms. The van der Waals surface area contributed by atoms with Gasteiger partial charge in [0.05, 0.1) is 32.8 Å². The first kappa shape index (κ1) is 95.5. The summed E-state index contributed by atoms with van der Waals surface area (Å²) in [4.78, 5) is 72.8. The van der Waals surface area contributed by atoms with E-state index in [9.17, 15) is 43.2 Å². The molecule has 5 unspecified atom stereocenters. The maximum atomic E-state index is 13.1. The first-order valence-corrected chi connectivity index (χ1v) is 41.8. The summed E-state index contributed by atoms with van der Waals surface area (Å²) in [5.41, 5.74) is 0. The molecule has 0 aromatic carbocycles. The summed E-state index contributed by atoms with van der Waals surface area (Å²) in [5.74, 6) is -2.35. The largest absolute Gasteiger partial charge is 0.472 e. The highest BCUT2D eigenvalue weighted by atomic mass is 31.2. The van der Waals surface area contributed by atoms with Gasteiger partial charge in [-0.3, -0.25) is 37.3 Å². The maximum absolute atomic E-state index is 13.1. The Morgan fingerprint density at radius 2 is 0.560 bits per heavy atom. The molecular formula is C81H138O17P2. The first-order chi connectivity index (χ1) is 48.7. The van der Waals surface area contributed by atoms with E-state index in [4.69, 9.17) is 37.0 Å². The molecule has 100 heavy (non-hydrogen) atoms. The Kier molecular flexibility index (Phi) is 69.5. The lowest BCUT2D eigenvalue weighted by Crippen LogP contribution is -2.30. The summed E-state index contributed by atoms with van der Waals surface area (Å²) in [6.45, 7) is 4.49. The third-order valence-corrected chi connectivity index (χ3v) is 17.9. The van der Waals surface area contributed by atoms with Gasteiger partial charge in [0.2, 0.25) is 0 Å². The van der Waals surface area contributed by atoms with Crippen LogP contribution in [-0.4, -0.2) is 96.7 Å². The van der Waals surface area contributed by atoms with Gasteiger partial charge in [0, 0.05) is 19.3 Å². The average molecular weight is 1450 g/mol. The van der Waals surface area contributed by atoms with Crippen LogP contribution in [0.3, 0.4) is 0 Å². The number of ether oxygens (including phenoxy) is 4. The fourth-order valence-electron chi connectivity index (χ4n) is 10.1. The average Bonchev–Trinajstić information content (AvgIpc) is 1.01. The van der Waals surface area contributed by atoms with E-state index in [0.29, 0.717) is 25.7 Å². The Labute approximate surface area is 606 Å². The van der Waals surface area contributed by atoms with Gasteiger partial charge in [-0.15, -0.1) is 0 Å². The lowest BCUT2D eigenvalue weighted by atomic mass is 10.0. The van der Waals surface area contributed by atoms with Crippen molar-refractivity contribution in [3.8, 4) is 0 Å². The number of aliphatic hydroxyl groups excluding tert-OH is 1. The molecule has 0 rings (SSSR count). The van der Waals surface area contributed by atoms with Gasteiger partial charge in [0.1, 0.15) is 19.3 Å². The highest BCUT2D eigenvalue weighted by Gasteiger charge is 2.30. The van der Waals surface area contributed by atoms with Crippen LogP contribution in [0.25, 0.3) is 0 Å². The van der Waals surface area contributed by atoms with Crippen molar-refractivity contribution in [2.45, 2.75) is 329 Å².